The van der Waals surface area contributed by atoms with Crippen molar-refractivity contribution < 1.29 is 22.7 Å². The molecule has 1 aliphatic heterocycles. The molecule has 2 rings (SSSR count). The van der Waals surface area contributed by atoms with Gasteiger partial charge in [-0.2, -0.15) is 0 Å². The van der Waals surface area contributed by atoms with Crippen LogP contribution in [-0.4, -0.2) is 39.3 Å². The third kappa shape index (κ3) is 7.01. The first-order chi connectivity index (χ1) is 12.5. The molecule has 1 aliphatic rings. The van der Waals surface area contributed by atoms with Gasteiger partial charge in [0.05, 0.1) is 11.3 Å². The minimum absolute atomic E-state index is 0.0135. The Kier molecular flexibility index (Phi) is 6.59. The van der Waals surface area contributed by atoms with Crippen LogP contribution in [0.25, 0.3) is 0 Å². The van der Waals surface area contributed by atoms with Crippen molar-refractivity contribution in [2.75, 3.05) is 18.5 Å². The summed E-state index contributed by atoms with van der Waals surface area (Å²) in [6.45, 7) is 5.87. The summed E-state index contributed by atoms with van der Waals surface area (Å²) < 4.78 is 32.2. The molecule has 1 amide bonds. The number of esters is 1. The molecule has 0 radical (unpaired) electrons. The number of nitrogens with one attached hydrogen (secondary N) is 2. The lowest BCUT2D eigenvalue weighted by molar-refractivity contribution is -0.149. The van der Waals surface area contributed by atoms with Gasteiger partial charge in [0.1, 0.15) is 5.84 Å². The molecule has 8 nitrogen and oxygen atoms in total. The van der Waals surface area contributed by atoms with E-state index in [1.807, 2.05) is 20.8 Å². The summed E-state index contributed by atoms with van der Waals surface area (Å²) in [5, 5.41) is 2.53. The lowest BCUT2D eigenvalue weighted by Crippen LogP contribution is -2.29. The van der Waals surface area contributed by atoms with Crippen LogP contribution in [0.15, 0.2) is 34.2 Å². The molecular formula is C18H25N3O5S. The third-order valence-corrected chi connectivity index (χ3v) is 4.97. The van der Waals surface area contributed by atoms with Gasteiger partial charge in [0.2, 0.25) is 0 Å². The second-order valence-corrected chi connectivity index (χ2v) is 9.19. The van der Waals surface area contributed by atoms with Gasteiger partial charge in [0.25, 0.3) is 15.9 Å². The topological polar surface area (TPSA) is 114 Å². The van der Waals surface area contributed by atoms with E-state index in [0.29, 0.717) is 24.5 Å². The first kappa shape index (κ1) is 20.9. The highest BCUT2D eigenvalue weighted by Crippen LogP contribution is 2.19. The van der Waals surface area contributed by atoms with Crippen LogP contribution in [0.2, 0.25) is 0 Å². The van der Waals surface area contributed by atoms with Gasteiger partial charge in [-0.15, -0.1) is 0 Å². The Hall–Kier alpha value is -2.42. The largest absolute Gasteiger partial charge is 0.456 e. The maximum Gasteiger partial charge on any atom is 0.306 e. The van der Waals surface area contributed by atoms with Crippen molar-refractivity contribution in [1.29, 1.82) is 0 Å². The highest BCUT2D eigenvalue weighted by atomic mass is 32.2. The number of benzene rings is 1. The standard InChI is InChI=1S/C18H25N3O5S/c1-18(2,3)11-17(23)26-12-16(22)20-13-6-4-7-14(10-13)27(24,25)21-15-8-5-9-19-15/h4,6-7,10H,5,8-9,11-12H2,1-3H3,(H,19,21)(H,20,22). The Balaban J connectivity index is 1.94. The van der Waals surface area contributed by atoms with Crippen LogP contribution < -0.4 is 10.0 Å². The molecule has 1 aromatic rings. The summed E-state index contributed by atoms with van der Waals surface area (Å²) in [6, 6.07) is 5.84. The molecule has 0 aromatic heterocycles. The van der Waals surface area contributed by atoms with Gasteiger partial charge in [-0.25, -0.2) is 8.42 Å². The fourth-order valence-electron chi connectivity index (χ4n) is 2.41. The summed E-state index contributed by atoms with van der Waals surface area (Å²) >= 11 is 0. The normalized spacial score (nSPS) is 14.4. The highest BCUT2D eigenvalue weighted by molar-refractivity contribution is 7.90. The number of amides is 1. The number of hydrogen-bond acceptors (Lipinski definition) is 6. The van der Waals surface area contributed by atoms with Crippen molar-refractivity contribution in [3.8, 4) is 0 Å². The van der Waals surface area contributed by atoms with Crippen LogP contribution in [0, 0.1) is 5.41 Å². The van der Waals surface area contributed by atoms with Gasteiger partial charge >= 0.3 is 5.97 Å². The van der Waals surface area contributed by atoms with E-state index in [0.717, 1.165) is 6.42 Å². The number of carbonyl (C=O) groups excluding carboxylic acids is 2. The molecule has 0 spiro atoms. The molecule has 0 aliphatic carbocycles. The summed E-state index contributed by atoms with van der Waals surface area (Å²) in [4.78, 5) is 27.7. The predicted octanol–water partition coefficient (Wildman–Crippen LogP) is 2.08. The number of ether oxygens (including phenoxy) is 1. The van der Waals surface area contributed by atoms with E-state index in [9.17, 15) is 18.0 Å². The van der Waals surface area contributed by atoms with Crippen LogP contribution in [0.3, 0.4) is 0 Å². The molecule has 1 heterocycles. The zero-order chi connectivity index (χ0) is 20.1. The molecule has 2 N–H and O–H groups in total. The molecule has 148 valence electrons. The van der Waals surface area contributed by atoms with Crippen molar-refractivity contribution in [3.63, 3.8) is 0 Å². The van der Waals surface area contributed by atoms with Gasteiger partial charge in [-0.1, -0.05) is 26.8 Å². The maximum absolute atomic E-state index is 12.4. The van der Waals surface area contributed by atoms with Crippen molar-refractivity contribution >= 4 is 33.4 Å². The summed E-state index contributed by atoms with van der Waals surface area (Å²) in [5.74, 6) is -0.564. The Morgan fingerprint density at radius 2 is 2.00 bits per heavy atom. The predicted molar refractivity (Wildman–Crippen MR) is 102 cm³/mol. The average Bonchev–Trinajstić information content (AvgIpc) is 3.04. The molecule has 0 fully saturated rings. The van der Waals surface area contributed by atoms with Gasteiger partial charge in [-0.3, -0.25) is 19.3 Å². The molecule has 1 aromatic carbocycles. The molecule has 0 bridgehead atoms. The SMILES string of the molecule is CC(C)(C)CC(=O)OCC(=O)Nc1cccc(S(=O)(=O)NC2=NCCC2)c1. The lowest BCUT2D eigenvalue weighted by atomic mass is 9.92. The zero-order valence-electron chi connectivity index (χ0n) is 15.7. The molecule has 0 saturated carbocycles. The van der Waals surface area contributed by atoms with Gasteiger partial charge in [-0.05, 0) is 30.0 Å². The average molecular weight is 395 g/mol. The fraction of sp³-hybridized carbons (Fsp3) is 0.500. The minimum Gasteiger partial charge on any atom is -0.456 e. The lowest BCUT2D eigenvalue weighted by Gasteiger charge is -2.16. The van der Waals surface area contributed by atoms with E-state index >= 15 is 0 Å². The smallest absolute Gasteiger partial charge is 0.306 e. The Morgan fingerprint density at radius 3 is 2.63 bits per heavy atom. The number of amidine groups is 1. The van der Waals surface area contributed by atoms with E-state index in [4.69, 9.17) is 4.74 Å². The zero-order valence-corrected chi connectivity index (χ0v) is 16.6. The summed E-state index contributed by atoms with van der Waals surface area (Å²) in [7, 11) is -3.77. The molecule has 27 heavy (non-hydrogen) atoms. The molecule has 9 heteroatoms. The van der Waals surface area contributed by atoms with E-state index in [1.54, 1.807) is 6.07 Å². The highest BCUT2D eigenvalue weighted by Gasteiger charge is 2.20. The quantitative estimate of drug-likeness (QED) is 0.716. The van der Waals surface area contributed by atoms with Gasteiger partial charge < -0.3 is 10.1 Å². The van der Waals surface area contributed by atoms with E-state index < -0.39 is 28.5 Å². The van der Waals surface area contributed by atoms with Crippen molar-refractivity contribution in [2.45, 2.75) is 44.9 Å². The number of aliphatic imine (C=N–C) groups is 1. The monoisotopic (exact) mass is 395 g/mol. The second-order valence-electron chi connectivity index (χ2n) is 7.51. The van der Waals surface area contributed by atoms with Crippen LogP contribution >= 0.6 is 0 Å². The molecule has 0 saturated heterocycles. The number of carbonyl (C=O) groups is 2. The number of anilines is 1. The number of hydrogen-bond donors (Lipinski definition) is 2. The van der Waals surface area contributed by atoms with Crippen molar-refractivity contribution in [1.82, 2.24) is 4.72 Å². The van der Waals surface area contributed by atoms with E-state index in [1.165, 1.54) is 18.2 Å². The maximum atomic E-state index is 12.4. The fourth-order valence-corrected chi connectivity index (χ4v) is 3.54. The first-order valence-electron chi connectivity index (χ1n) is 8.67. The third-order valence-electron chi connectivity index (χ3n) is 3.59. The molecule has 0 atom stereocenters. The van der Waals surface area contributed by atoms with Crippen molar-refractivity contribution in [2.24, 2.45) is 10.4 Å². The Bertz CT molecular complexity index is 841. The number of nitrogens with zero attached hydrogens (tertiary/aromatic N) is 1. The summed E-state index contributed by atoms with van der Waals surface area (Å²) in [6.07, 6.45) is 1.61. The van der Waals surface area contributed by atoms with Crippen LogP contribution in [0.5, 0.6) is 0 Å². The van der Waals surface area contributed by atoms with Gasteiger partial charge in [0, 0.05) is 18.7 Å². The number of sulfonamides is 1. The second kappa shape index (κ2) is 8.51. The minimum atomic E-state index is -3.77. The number of rotatable bonds is 6. The van der Waals surface area contributed by atoms with Gasteiger partial charge in [0.15, 0.2) is 6.61 Å². The van der Waals surface area contributed by atoms with Crippen molar-refractivity contribution in [3.05, 3.63) is 24.3 Å². The van der Waals surface area contributed by atoms with Crippen LogP contribution in [0.4, 0.5) is 5.69 Å². The van der Waals surface area contributed by atoms with E-state index in [-0.39, 0.29) is 16.7 Å². The van der Waals surface area contributed by atoms with Crippen LogP contribution in [0.1, 0.15) is 40.0 Å². The van der Waals surface area contributed by atoms with E-state index in [2.05, 4.69) is 15.0 Å². The molecular weight excluding hydrogens is 370 g/mol. The van der Waals surface area contributed by atoms with Crippen LogP contribution in [-0.2, 0) is 24.3 Å². The Labute approximate surface area is 159 Å². The Morgan fingerprint density at radius 1 is 1.26 bits per heavy atom. The molecule has 0 unspecified atom stereocenters. The first-order valence-corrected chi connectivity index (χ1v) is 10.2. The summed E-state index contributed by atoms with van der Waals surface area (Å²) in [5.41, 5.74) is 0.0652.